The number of benzene rings is 1. The highest BCUT2D eigenvalue weighted by molar-refractivity contribution is 6.34. The summed E-state index contributed by atoms with van der Waals surface area (Å²) in [6.45, 7) is 4.44. The van der Waals surface area contributed by atoms with Crippen molar-refractivity contribution in [1.82, 2.24) is 0 Å². The topological polar surface area (TPSA) is 26.0 Å². The fourth-order valence-electron chi connectivity index (χ4n) is 3.01. The smallest absolute Gasteiger partial charge is 0.0423 e. The van der Waals surface area contributed by atoms with Crippen molar-refractivity contribution in [2.24, 2.45) is 11.7 Å². The van der Waals surface area contributed by atoms with Crippen LogP contribution in [0.25, 0.3) is 0 Å². The Labute approximate surface area is 120 Å². The molecule has 18 heavy (non-hydrogen) atoms. The van der Waals surface area contributed by atoms with Crippen LogP contribution in [0.1, 0.15) is 45.1 Å². The Morgan fingerprint density at radius 1 is 1.17 bits per heavy atom. The second kappa shape index (κ2) is 5.40. The zero-order valence-corrected chi connectivity index (χ0v) is 12.6. The Bertz CT molecular complexity index is 404. The third kappa shape index (κ3) is 2.68. The van der Waals surface area contributed by atoms with E-state index in [1.165, 1.54) is 12.0 Å². The van der Waals surface area contributed by atoms with Gasteiger partial charge >= 0.3 is 0 Å². The highest BCUT2D eigenvalue weighted by Gasteiger charge is 2.44. The average molecular weight is 286 g/mol. The van der Waals surface area contributed by atoms with Crippen LogP contribution in [0, 0.1) is 5.92 Å². The SMILES string of the molecule is CC(C)CC(N)C1(c2cc(Cl)cc(Cl)c2)CCC1. The van der Waals surface area contributed by atoms with Gasteiger partial charge in [0.2, 0.25) is 0 Å². The molecule has 1 unspecified atom stereocenters. The van der Waals surface area contributed by atoms with Gasteiger partial charge in [-0.3, -0.25) is 0 Å². The lowest BCUT2D eigenvalue weighted by atomic mass is 9.59. The van der Waals surface area contributed by atoms with Gasteiger partial charge in [-0.1, -0.05) is 43.5 Å². The number of nitrogens with two attached hydrogens (primary N) is 1. The largest absolute Gasteiger partial charge is 0.327 e. The Balaban J connectivity index is 2.31. The van der Waals surface area contributed by atoms with Crippen molar-refractivity contribution >= 4 is 23.2 Å². The van der Waals surface area contributed by atoms with Crippen LogP contribution in [-0.4, -0.2) is 6.04 Å². The fraction of sp³-hybridized carbons (Fsp3) is 0.600. The van der Waals surface area contributed by atoms with Crippen molar-refractivity contribution < 1.29 is 0 Å². The predicted octanol–water partition coefficient (Wildman–Crippen LogP) is 4.79. The molecular weight excluding hydrogens is 265 g/mol. The lowest BCUT2D eigenvalue weighted by Crippen LogP contribution is -2.50. The lowest BCUT2D eigenvalue weighted by Gasteiger charge is -2.47. The third-order valence-electron chi connectivity index (χ3n) is 4.12. The highest BCUT2D eigenvalue weighted by atomic mass is 35.5. The van der Waals surface area contributed by atoms with Gasteiger partial charge in [0.05, 0.1) is 0 Å². The molecule has 1 nitrogen and oxygen atoms in total. The Morgan fingerprint density at radius 3 is 2.11 bits per heavy atom. The van der Waals surface area contributed by atoms with Gasteiger partial charge in [-0.05, 0) is 48.9 Å². The average Bonchev–Trinajstić information content (AvgIpc) is 2.12. The number of hydrogen-bond donors (Lipinski definition) is 1. The molecule has 0 aliphatic heterocycles. The van der Waals surface area contributed by atoms with E-state index in [1.807, 2.05) is 12.1 Å². The standard InChI is InChI=1S/C15H21Cl2N/c1-10(2)6-14(18)15(4-3-5-15)11-7-12(16)9-13(17)8-11/h7-10,14H,3-6,18H2,1-2H3. The van der Waals surface area contributed by atoms with E-state index in [4.69, 9.17) is 28.9 Å². The van der Waals surface area contributed by atoms with E-state index in [9.17, 15) is 0 Å². The molecule has 1 aliphatic rings. The molecule has 100 valence electrons. The molecule has 0 radical (unpaired) electrons. The second-order valence-electron chi connectivity index (χ2n) is 5.90. The molecule has 0 heterocycles. The summed E-state index contributed by atoms with van der Waals surface area (Å²) in [5, 5.41) is 1.42. The van der Waals surface area contributed by atoms with Gasteiger partial charge in [0, 0.05) is 21.5 Å². The second-order valence-corrected chi connectivity index (χ2v) is 6.78. The quantitative estimate of drug-likeness (QED) is 0.846. The predicted molar refractivity (Wildman–Crippen MR) is 79.4 cm³/mol. The number of rotatable bonds is 4. The molecule has 1 aromatic carbocycles. The molecule has 1 saturated carbocycles. The first-order valence-corrected chi connectivity index (χ1v) is 7.42. The number of hydrogen-bond acceptors (Lipinski definition) is 1. The summed E-state index contributed by atoms with van der Waals surface area (Å²) in [4.78, 5) is 0. The maximum atomic E-state index is 6.46. The minimum Gasteiger partial charge on any atom is -0.327 e. The molecule has 3 heteroatoms. The van der Waals surface area contributed by atoms with Gasteiger partial charge in [0.1, 0.15) is 0 Å². The van der Waals surface area contributed by atoms with Crippen LogP contribution in [0.5, 0.6) is 0 Å². The van der Waals surface area contributed by atoms with Gasteiger partial charge in [-0.15, -0.1) is 0 Å². The van der Waals surface area contributed by atoms with Crippen LogP contribution >= 0.6 is 23.2 Å². The monoisotopic (exact) mass is 285 g/mol. The Kier molecular flexibility index (Phi) is 4.25. The van der Waals surface area contributed by atoms with Crippen LogP contribution < -0.4 is 5.73 Å². The summed E-state index contributed by atoms with van der Waals surface area (Å²) in [6.07, 6.45) is 4.59. The van der Waals surface area contributed by atoms with Gasteiger partial charge in [-0.25, -0.2) is 0 Å². The molecule has 0 saturated heterocycles. The van der Waals surface area contributed by atoms with Crippen LogP contribution in [0.3, 0.4) is 0 Å². The summed E-state index contributed by atoms with van der Waals surface area (Å²) in [5.41, 5.74) is 7.78. The first-order chi connectivity index (χ1) is 8.44. The van der Waals surface area contributed by atoms with Gasteiger partial charge in [-0.2, -0.15) is 0 Å². The van der Waals surface area contributed by atoms with Gasteiger partial charge < -0.3 is 5.73 Å². The summed E-state index contributed by atoms with van der Waals surface area (Å²) < 4.78 is 0. The van der Waals surface area contributed by atoms with Crippen LogP contribution in [0.4, 0.5) is 0 Å². The molecule has 2 N–H and O–H groups in total. The molecule has 0 aromatic heterocycles. The van der Waals surface area contributed by atoms with Crippen LogP contribution in [0.15, 0.2) is 18.2 Å². The summed E-state index contributed by atoms with van der Waals surface area (Å²) in [5.74, 6) is 0.618. The third-order valence-corrected chi connectivity index (χ3v) is 4.55. The van der Waals surface area contributed by atoms with E-state index < -0.39 is 0 Å². The van der Waals surface area contributed by atoms with Crippen molar-refractivity contribution in [3.8, 4) is 0 Å². The molecule has 0 spiro atoms. The van der Waals surface area contributed by atoms with E-state index in [2.05, 4.69) is 13.8 Å². The molecule has 1 aliphatic carbocycles. The Hall–Kier alpha value is -0.240. The van der Waals surface area contributed by atoms with Crippen LogP contribution in [-0.2, 0) is 5.41 Å². The summed E-state index contributed by atoms with van der Waals surface area (Å²) in [6, 6.07) is 6.05. The highest BCUT2D eigenvalue weighted by Crippen LogP contribution is 2.48. The molecule has 0 bridgehead atoms. The normalized spacial score (nSPS) is 19.7. The van der Waals surface area contributed by atoms with Crippen LogP contribution in [0.2, 0.25) is 10.0 Å². The summed E-state index contributed by atoms with van der Waals surface area (Å²) >= 11 is 12.2. The molecule has 1 atom stereocenters. The molecule has 1 aromatic rings. The zero-order valence-electron chi connectivity index (χ0n) is 11.0. The van der Waals surface area contributed by atoms with E-state index in [-0.39, 0.29) is 11.5 Å². The zero-order chi connectivity index (χ0) is 13.3. The van der Waals surface area contributed by atoms with Crippen molar-refractivity contribution in [3.05, 3.63) is 33.8 Å². The fourth-order valence-corrected chi connectivity index (χ4v) is 3.53. The first kappa shape index (κ1) is 14.2. The summed E-state index contributed by atoms with van der Waals surface area (Å²) in [7, 11) is 0. The van der Waals surface area contributed by atoms with E-state index in [1.54, 1.807) is 6.07 Å². The van der Waals surface area contributed by atoms with E-state index in [0.717, 1.165) is 19.3 Å². The lowest BCUT2D eigenvalue weighted by molar-refractivity contribution is 0.178. The van der Waals surface area contributed by atoms with E-state index in [0.29, 0.717) is 16.0 Å². The molecule has 0 amide bonds. The van der Waals surface area contributed by atoms with Crippen molar-refractivity contribution in [3.63, 3.8) is 0 Å². The maximum absolute atomic E-state index is 6.46. The van der Waals surface area contributed by atoms with Crippen molar-refractivity contribution in [2.45, 2.75) is 51.0 Å². The minimum atomic E-state index is 0.0960. The molecule has 1 fully saturated rings. The number of halogens is 2. The Morgan fingerprint density at radius 2 is 1.72 bits per heavy atom. The van der Waals surface area contributed by atoms with Gasteiger partial charge in [0.25, 0.3) is 0 Å². The van der Waals surface area contributed by atoms with Crippen molar-refractivity contribution in [1.29, 1.82) is 0 Å². The maximum Gasteiger partial charge on any atom is 0.0423 e. The molecule has 2 rings (SSSR count). The minimum absolute atomic E-state index is 0.0960. The van der Waals surface area contributed by atoms with E-state index >= 15 is 0 Å². The molecular formula is C15H21Cl2N. The first-order valence-electron chi connectivity index (χ1n) is 6.66. The van der Waals surface area contributed by atoms with Gasteiger partial charge in [0.15, 0.2) is 0 Å². The van der Waals surface area contributed by atoms with Crippen molar-refractivity contribution in [2.75, 3.05) is 0 Å².